The molecule has 10 heteroatoms. The number of aryl methyl sites for hydroxylation is 1. The normalized spacial score (nSPS) is 15.7. The van der Waals surface area contributed by atoms with Crippen LogP contribution >= 0.6 is 11.3 Å². The number of halogens is 3. The second kappa shape index (κ2) is 9.65. The highest BCUT2D eigenvalue weighted by atomic mass is 32.1. The lowest BCUT2D eigenvalue weighted by Crippen LogP contribution is -2.35. The zero-order chi connectivity index (χ0) is 21.7. The second-order valence-electron chi connectivity index (χ2n) is 7.05. The number of carbonyl (C=O) groups is 1. The van der Waals surface area contributed by atoms with Gasteiger partial charge in [0.1, 0.15) is 11.5 Å². The molecule has 0 radical (unpaired) electrons. The van der Waals surface area contributed by atoms with E-state index in [2.05, 4.69) is 9.88 Å². The van der Waals surface area contributed by atoms with E-state index in [9.17, 15) is 18.0 Å². The van der Waals surface area contributed by atoms with Crippen molar-refractivity contribution in [2.75, 3.05) is 39.9 Å². The van der Waals surface area contributed by atoms with Crippen molar-refractivity contribution in [2.45, 2.75) is 26.1 Å². The maximum absolute atomic E-state index is 13.1. The first-order chi connectivity index (χ1) is 14.2. The van der Waals surface area contributed by atoms with E-state index >= 15 is 0 Å². The van der Waals surface area contributed by atoms with Crippen LogP contribution in [0.1, 0.15) is 27.5 Å². The van der Waals surface area contributed by atoms with Crippen LogP contribution in [-0.2, 0) is 6.54 Å². The zero-order valence-corrected chi connectivity index (χ0v) is 17.7. The Hall–Kier alpha value is -2.33. The van der Waals surface area contributed by atoms with Crippen molar-refractivity contribution in [1.82, 2.24) is 14.8 Å². The minimum atomic E-state index is -4.49. The van der Waals surface area contributed by atoms with E-state index in [0.29, 0.717) is 31.9 Å². The van der Waals surface area contributed by atoms with Gasteiger partial charge in [-0.1, -0.05) is 0 Å². The van der Waals surface area contributed by atoms with Gasteiger partial charge in [-0.2, -0.15) is 13.2 Å². The van der Waals surface area contributed by atoms with Gasteiger partial charge in [-0.05, 0) is 31.5 Å². The Labute approximate surface area is 177 Å². The first kappa shape index (κ1) is 22.4. The maximum atomic E-state index is 13.1. The Morgan fingerprint density at radius 1 is 1.23 bits per heavy atom. The molecule has 30 heavy (non-hydrogen) atoms. The van der Waals surface area contributed by atoms with Gasteiger partial charge >= 0.3 is 6.18 Å². The first-order valence-electron chi connectivity index (χ1n) is 9.55. The molecule has 2 aromatic rings. The molecule has 1 aromatic carbocycles. The standard InChI is InChI=1S/C20H24F3N3O3S/c1-14-24-15(12-30-14)11-25-6-3-7-26(9-8-25)19(27)17-10-16(28-2)4-5-18(17)29-13-20(21,22)23/h4-5,10,12H,3,6-9,11,13H2,1-2H3. The number of benzene rings is 1. The molecule has 0 aliphatic carbocycles. The van der Waals surface area contributed by atoms with Crippen molar-refractivity contribution in [3.63, 3.8) is 0 Å². The third-order valence-electron chi connectivity index (χ3n) is 4.74. The number of aromatic nitrogens is 1. The highest BCUT2D eigenvalue weighted by Crippen LogP contribution is 2.28. The van der Waals surface area contributed by atoms with Crippen LogP contribution in [-0.4, -0.2) is 66.8 Å². The van der Waals surface area contributed by atoms with Crippen LogP contribution < -0.4 is 9.47 Å². The number of hydrogen-bond acceptors (Lipinski definition) is 6. The summed E-state index contributed by atoms with van der Waals surface area (Å²) in [7, 11) is 1.43. The van der Waals surface area contributed by atoms with Crippen LogP contribution in [0, 0.1) is 6.92 Å². The molecule has 0 saturated carbocycles. The van der Waals surface area contributed by atoms with Crippen LogP contribution in [0.5, 0.6) is 11.5 Å². The number of thiazole rings is 1. The van der Waals surface area contributed by atoms with E-state index in [-0.39, 0.29) is 17.2 Å². The zero-order valence-electron chi connectivity index (χ0n) is 16.9. The molecule has 0 atom stereocenters. The Bertz CT molecular complexity index is 872. The predicted octanol–water partition coefficient (Wildman–Crippen LogP) is 3.75. The molecular weight excluding hydrogens is 419 g/mol. The van der Waals surface area contributed by atoms with E-state index in [0.717, 1.165) is 23.7 Å². The number of carbonyl (C=O) groups excluding carboxylic acids is 1. The molecule has 1 fully saturated rings. The van der Waals surface area contributed by atoms with Crippen molar-refractivity contribution in [3.8, 4) is 11.5 Å². The van der Waals surface area contributed by atoms with Gasteiger partial charge < -0.3 is 14.4 Å². The molecule has 0 bridgehead atoms. The summed E-state index contributed by atoms with van der Waals surface area (Å²) < 4.78 is 47.8. The van der Waals surface area contributed by atoms with Crippen molar-refractivity contribution in [1.29, 1.82) is 0 Å². The molecule has 0 N–H and O–H groups in total. The number of nitrogens with zero attached hydrogens (tertiary/aromatic N) is 3. The molecule has 1 aromatic heterocycles. The number of hydrogen-bond donors (Lipinski definition) is 0. The van der Waals surface area contributed by atoms with Gasteiger partial charge in [0, 0.05) is 38.1 Å². The van der Waals surface area contributed by atoms with Crippen LogP contribution in [0.15, 0.2) is 23.6 Å². The van der Waals surface area contributed by atoms with Gasteiger partial charge in [-0.15, -0.1) is 11.3 Å². The molecular formula is C20H24F3N3O3S. The molecule has 1 amide bonds. The first-order valence-corrected chi connectivity index (χ1v) is 10.4. The Morgan fingerprint density at radius 3 is 2.70 bits per heavy atom. The van der Waals surface area contributed by atoms with E-state index in [1.54, 1.807) is 16.2 Å². The number of rotatable bonds is 6. The van der Waals surface area contributed by atoms with E-state index in [1.807, 2.05) is 12.3 Å². The molecule has 164 valence electrons. The molecule has 0 unspecified atom stereocenters. The van der Waals surface area contributed by atoms with Gasteiger partial charge in [-0.25, -0.2) is 4.98 Å². The summed E-state index contributed by atoms with van der Waals surface area (Å²) in [5, 5.41) is 3.05. The van der Waals surface area contributed by atoms with Crippen LogP contribution in [0.4, 0.5) is 13.2 Å². The maximum Gasteiger partial charge on any atom is 0.422 e. The largest absolute Gasteiger partial charge is 0.497 e. The average Bonchev–Trinajstić information content (AvgIpc) is 2.97. The third kappa shape index (κ3) is 6.09. The van der Waals surface area contributed by atoms with Crippen LogP contribution in [0.25, 0.3) is 0 Å². The third-order valence-corrected chi connectivity index (χ3v) is 5.56. The molecule has 0 spiro atoms. The molecule has 1 aliphatic heterocycles. The van der Waals surface area contributed by atoms with Crippen molar-refractivity contribution in [2.24, 2.45) is 0 Å². The summed E-state index contributed by atoms with van der Waals surface area (Å²) >= 11 is 1.60. The topological polar surface area (TPSA) is 54.9 Å². The lowest BCUT2D eigenvalue weighted by molar-refractivity contribution is -0.153. The minimum Gasteiger partial charge on any atom is -0.497 e. The summed E-state index contributed by atoms with van der Waals surface area (Å²) in [5.74, 6) is -0.0809. The van der Waals surface area contributed by atoms with Crippen LogP contribution in [0.3, 0.4) is 0 Å². The Balaban J connectivity index is 1.70. The molecule has 3 rings (SSSR count). The summed E-state index contributed by atoms with van der Waals surface area (Å²) in [4.78, 5) is 21.5. The Morgan fingerprint density at radius 2 is 2.03 bits per heavy atom. The summed E-state index contributed by atoms with van der Waals surface area (Å²) in [6, 6.07) is 4.24. The van der Waals surface area contributed by atoms with Crippen molar-refractivity contribution >= 4 is 17.2 Å². The van der Waals surface area contributed by atoms with Crippen molar-refractivity contribution < 1.29 is 27.4 Å². The number of amides is 1. The molecule has 2 heterocycles. The minimum absolute atomic E-state index is 0.0715. The highest BCUT2D eigenvalue weighted by Gasteiger charge is 2.30. The number of ether oxygens (including phenoxy) is 2. The number of alkyl halides is 3. The monoisotopic (exact) mass is 443 g/mol. The van der Waals surface area contributed by atoms with Gasteiger partial charge in [0.25, 0.3) is 5.91 Å². The average molecular weight is 443 g/mol. The summed E-state index contributed by atoms with van der Waals surface area (Å²) in [6.07, 6.45) is -3.73. The van der Waals surface area contributed by atoms with Gasteiger partial charge in [0.15, 0.2) is 6.61 Å². The van der Waals surface area contributed by atoms with E-state index < -0.39 is 12.8 Å². The lowest BCUT2D eigenvalue weighted by atomic mass is 10.1. The fourth-order valence-electron chi connectivity index (χ4n) is 3.30. The SMILES string of the molecule is COc1ccc(OCC(F)(F)F)c(C(=O)N2CCCN(Cc3csc(C)n3)CC2)c1. The van der Waals surface area contributed by atoms with E-state index in [1.165, 1.54) is 25.3 Å². The fourth-order valence-corrected chi connectivity index (χ4v) is 3.90. The highest BCUT2D eigenvalue weighted by molar-refractivity contribution is 7.09. The smallest absolute Gasteiger partial charge is 0.422 e. The van der Waals surface area contributed by atoms with Gasteiger partial charge in [0.2, 0.25) is 0 Å². The Kier molecular flexibility index (Phi) is 7.19. The fraction of sp³-hybridized carbons (Fsp3) is 0.500. The van der Waals surface area contributed by atoms with E-state index in [4.69, 9.17) is 9.47 Å². The lowest BCUT2D eigenvalue weighted by Gasteiger charge is -2.23. The quantitative estimate of drug-likeness (QED) is 0.681. The predicted molar refractivity (Wildman–Crippen MR) is 107 cm³/mol. The van der Waals surface area contributed by atoms with Crippen LogP contribution in [0.2, 0.25) is 0 Å². The molecule has 6 nitrogen and oxygen atoms in total. The summed E-state index contributed by atoms with van der Waals surface area (Å²) in [6.45, 7) is 3.68. The molecule has 1 saturated heterocycles. The summed E-state index contributed by atoms with van der Waals surface area (Å²) in [5.41, 5.74) is 1.08. The molecule has 1 aliphatic rings. The second-order valence-corrected chi connectivity index (χ2v) is 8.11. The van der Waals surface area contributed by atoms with Gasteiger partial charge in [0.05, 0.1) is 23.4 Å². The van der Waals surface area contributed by atoms with Crippen molar-refractivity contribution in [3.05, 3.63) is 39.8 Å². The van der Waals surface area contributed by atoms with Gasteiger partial charge in [-0.3, -0.25) is 9.69 Å². The number of methoxy groups -OCH3 is 1.